The van der Waals surface area contributed by atoms with E-state index in [1.165, 1.54) is 18.2 Å². The maximum absolute atomic E-state index is 12.5. The summed E-state index contributed by atoms with van der Waals surface area (Å²) >= 11 is 0. The highest BCUT2D eigenvalue weighted by Crippen LogP contribution is 2.55. The summed E-state index contributed by atoms with van der Waals surface area (Å²) in [5.41, 5.74) is 2.16. The fraction of sp³-hybridized carbons (Fsp3) is 0.583. The largest absolute Gasteiger partial charge is 0.493 e. The van der Waals surface area contributed by atoms with Crippen LogP contribution in [0.25, 0.3) is 0 Å². The Hall–Kier alpha value is -2.74. The first-order valence-electron chi connectivity index (χ1n) is 11.1. The molecule has 2 aliphatic heterocycles. The van der Waals surface area contributed by atoms with Gasteiger partial charge in [0.2, 0.25) is 0 Å². The van der Waals surface area contributed by atoms with Crippen molar-refractivity contribution in [2.24, 2.45) is 5.92 Å². The minimum absolute atomic E-state index is 0.123. The molecule has 0 saturated heterocycles. The molecule has 0 aromatic heterocycles. The number of esters is 1. The number of hydrogen-bond acceptors (Lipinski definition) is 7. The Morgan fingerprint density at radius 2 is 2.06 bits per heavy atom. The lowest BCUT2D eigenvalue weighted by atomic mass is 9.69. The van der Waals surface area contributed by atoms with Gasteiger partial charge in [0.25, 0.3) is 0 Å². The molecule has 32 heavy (non-hydrogen) atoms. The van der Waals surface area contributed by atoms with Crippen molar-refractivity contribution >= 4 is 12.1 Å². The third-order valence-corrected chi connectivity index (χ3v) is 6.78. The van der Waals surface area contributed by atoms with Gasteiger partial charge in [-0.1, -0.05) is 26.0 Å². The number of ether oxygens (including phenoxy) is 4. The fourth-order valence-corrected chi connectivity index (χ4v) is 5.08. The molecule has 0 saturated carbocycles. The fourth-order valence-electron chi connectivity index (χ4n) is 5.08. The molecule has 0 radical (unpaired) electrons. The summed E-state index contributed by atoms with van der Waals surface area (Å²) in [6.07, 6.45) is 4.27. The lowest BCUT2D eigenvalue weighted by molar-refractivity contribution is -0.144. The van der Waals surface area contributed by atoms with Crippen molar-refractivity contribution in [3.63, 3.8) is 0 Å². The zero-order valence-corrected chi connectivity index (χ0v) is 19.3. The minimum Gasteiger partial charge on any atom is -0.493 e. The number of hydrogen-bond donors (Lipinski definition) is 1. The maximum Gasteiger partial charge on any atom is 0.408 e. The van der Waals surface area contributed by atoms with Gasteiger partial charge in [0.05, 0.1) is 19.6 Å². The average molecular weight is 445 g/mol. The Labute approximate surface area is 188 Å². The Morgan fingerprint density at radius 3 is 2.75 bits per heavy atom. The number of methoxy groups -OCH3 is 2. The van der Waals surface area contributed by atoms with Gasteiger partial charge in [-0.05, 0) is 43.6 Å². The predicted octanol–water partition coefficient (Wildman–Crippen LogP) is 2.78. The Morgan fingerprint density at radius 1 is 1.28 bits per heavy atom. The Balaban J connectivity index is 1.56. The van der Waals surface area contributed by atoms with Crippen molar-refractivity contribution in [1.29, 1.82) is 0 Å². The van der Waals surface area contributed by atoms with Gasteiger partial charge in [-0.25, -0.2) is 9.59 Å². The van der Waals surface area contributed by atoms with Crippen LogP contribution in [0.4, 0.5) is 4.79 Å². The predicted molar refractivity (Wildman–Crippen MR) is 118 cm³/mol. The summed E-state index contributed by atoms with van der Waals surface area (Å²) in [6, 6.07) is 3.32. The van der Waals surface area contributed by atoms with Crippen molar-refractivity contribution in [1.82, 2.24) is 10.2 Å². The molecule has 8 heteroatoms. The SMILES string of the molecule is COC(=O)[C@@H](NC(=O)O[C@H]1C=C[C@@]23CCN(C)Cc4ccc(OC)c(c42)O[C@H]3C1)C(C)C. The summed E-state index contributed by atoms with van der Waals surface area (Å²) in [5.74, 6) is 0.905. The molecule has 1 amide bonds. The van der Waals surface area contributed by atoms with E-state index in [9.17, 15) is 9.59 Å². The molecule has 1 spiro atoms. The van der Waals surface area contributed by atoms with Crippen LogP contribution < -0.4 is 14.8 Å². The van der Waals surface area contributed by atoms with Gasteiger partial charge in [-0.2, -0.15) is 0 Å². The highest BCUT2D eigenvalue weighted by molar-refractivity contribution is 5.81. The highest BCUT2D eigenvalue weighted by Gasteiger charge is 2.53. The van der Waals surface area contributed by atoms with E-state index < -0.39 is 24.2 Å². The summed E-state index contributed by atoms with van der Waals surface area (Å²) in [4.78, 5) is 26.8. The van der Waals surface area contributed by atoms with Gasteiger partial charge >= 0.3 is 12.1 Å². The number of nitrogens with one attached hydrogen (secondary N) is 1. The molecule has 4 rings (SSSR count). The van der Waals surface area contributed by atoms with Crippen molar-refractivity contribution < 1.29 is 28.5 Å². The van der Waals surface area contributed by atoms with Gasteiger partial charge in [0.1, 0.15) is 18.2 Å². The van der Waals surface area contributed by atoms with Crippen LogP contribution in [0, 0.1) is 5.92 Å². The van der Waals surface area contributed by atoms with Gasteiger partial charge < -0.3 is 29.2 Å². The monoisotopic (exact) mass is 444 g/mol. The zero-order chi connectivity index (χ0) is 23.0. The number of alkyl carbamates (subject to hydrolysis) is 1. The molecule has 4 atom stereocenters. The lowest BCUT2D eigenvalue weighted by Gasteiger charge is -2.36. The van der Waals surface area contributed by atoms with E-state index in [0.29, 0.717) is 6.42 Å². The first kappa shape index (κ1) is 22.5. The van der Waals surface area contributed by atoms with E-state index >= 15 is 0 Å². The quantitative estimate of drug-likeness (QED) is 0.552. The molecular weight excluding hydrogens is 412 g/mol. The molecule has 8 nitrogen and oxygen atoms in total. The number of rotatable bonds is 5. The number of nitrogens with zero attached hydrogens (tertiary/aromatic N) is 1. The molecule has 0 fully saturated rings. The maximum atomic E-state index is 12.5. The molecular formula is C24H32N2O6. The smallest absolute Gasteiger partial charge is 0.408 e. The van der Waals surface area contributed by atoms with Crippen molar-refractivity contribution in [3.8, 4) is 11.5 Å². The zero-order valence-electron chi connectivity index (χ0n) is 19.3. The van der Waals surface area contributed by atoms with Crippen LogP contribution in [0.1, 0.15) is 37.8 Å². The van der Waals surface area contributed by atoms with E-state index in [2.05, 4.69) is 29.4 Å². The standard InChI is InChI=1S/C24H32N2O6/c1-14(2)20(22(27)30-5)25-23(28)31-16-8-9-24-10-11-26(3)13-15-6-7-17(29-4)21(19(15)24)32-18(24)12-16/h6-9,14,16,18,20H,10-13H2,1-5H3,(H,25,28)/t16-,18-,20-,24-/m0/s1. The van der Waals surface area contributed by atoms with Crippen LogP contribution in [0.15, 0.2) is 24.3 Å². The molecule has 0 bridgehead atoms. The van der Waals surface area contributed by atoms with E-state index in [1.807, 2.05) is 26.0 Å². The van der Waals surface area contributed by atoms with Crippen LogP contribution in [-0.2, 0) is 26.2 Å². The molecule has 174 valence electrons. The second kappa shape index (κ2) is 8.65. The summed E-state index contributed by atoms with van der Waals surface area (Å²) in [7, 11) is 5.08. The summed E-state index contributed by atoms with van der Waals surface area (Å²) < 4.78 is 22.5. The van der Waals surface area contributed by atoms with Crippen LogP contribution in [0.2, 0.25) is 0 Å². The normalized spacial score (nSPS) is 26.9. The number of amides is 1. The number of carbonyl (C=O) groups excluding carboxylic acids is 2. The second-order valence-corrected chi connectivity index (χ2v) is 9.19. The minimum atomic E-state index is -0.761. The first-order valence-corrected chi connectivity index (χ1v) is 11.1. The van der Waals surface area contributed by atoms with Crippen LogP contribution >= 0.6 is 0 Å². The van der Waals surface area contributed by atoms with Crippen molar-refractivity contribution in [2.45, 2.75) is 56.9 Å². The number of carbonyl (C=O) groups is 2. The highest BCUT2D eigenvalue weighted by atomic mass is 16.6. The molecule has 1 N–H and O–H groups in total. The van der Waals surface area contributed by atoms with Crippen molar-refractivity contribution in [3.05, 3.63) is 35.4 Å². The average Bonchev–Trinajstić information content (AvgIpc) is 3.02. The number of benzene rings is 1. The molecule has 1 aliphatic carbocycles. The van der Waals surface area contributed by atoms with E-state index in [1.54, 1.807) is 7.11 Å². The lowest BCUT2D eigenvalue weighted by Crippen LogP contribution is -2.48. The van der Waals surface area contributed by atoms with Crippen molar-refractivity contribution in [2.75, 3.05) is 27.8 Å². The van der Waals surface area contributed by atoms with Gasteiger partial charge in [0, 0.05) is 18.5 Å². The van der Waals surface area contributed by atoms with Gasteiger partial charge in [-0.15, -0.1) is 0 Å². The van der Waals surface area contributed by atoms with Crippen LogP contribution in [0.3, 0.4) is 0 Å². The topological polar surface area (TPSA) is 86.3 Å². The van der Waals surface area contributed by atoms with Gasteiger partial charge in [0.15, 0.2) is 11.5 Å². The van der Waals surface area contributed by atoms with Crippen LogP contribution in [-0.4, -0.2) is 63.0 Å². The molecule has 3 aliphatic rings. The molecule has 1 aromatic carbocycles. The first-order chi connectivity index (χ1) is 15.3. The van der Waals surface area contributed by atoms with E-state index in [0.717, 1.165) is 31.0 Å². The second-order valence-electron chi connectivity index (χ2n) is 9.19. The van der Waals surface area contributed by atoms with Crippen LogP contribution in [0.5, 0.6) is 11.5 Å². The summed E-state index contributed by atoms with van der Waals surface area (Å²) in [6.45, 7) is 5.46. The third-order valence-electron chi connectivity index (χ3n) is 6.78. The molecule has 2 heterocycles. The van der Waals surface area contributed by atoms with E-state index in [4.69, 9.17) is 18.9 Å². The Kier molecular flexibility index (Phi) is 6.07. The third kappa shape index (κ3) is 3.81. The molecule has 0 unspecified atom stereocenters. The van der Waals surface area contributed by atoms with Gasteiger partial charge in [-0.3, -0.25) is 0 Å². The molecule has 1 aromatic rings. The summed E-state index contributed by atoms with van der Waals surface area (Å²) in [5, 5.41) is 2.63. The van der Waals surface area contributed by atoms with E-state index in [-0.39, 0.29) is 17.4 Å². The Bertz CT molecular complexity index is 929.